The third-order valence-electron chi connectivity index (χ3n) is 7.48. The number of hydrogen-bond acceptors (Lipinski definition) is 4. The lowest BCUT2D eigenvalue weighted by atomic mass is 9.77. The fourth-order valence-electron chi connectivity index (χ4n) is 5.94. The summed E-state index contributed by atoms with van der Waals surface area (Å²) in [5.74, 6) is 1.41. The minimum absolute atomic E-state index is 0.00197. The van der Waals surface area contributed by atoms with E-state index in [1.165, 1.54) is 6.42 Å². The van der Waals surface area contributed by atoms with Gasteiger partial charge in [0.25, 0.3) is 5.91 Å². The van der Waals surface area contributed by atoms with Gasteiger partial charge >= 0.3 is 0 Å². The molecule has 3 aliphatic heterocycles. The lowest BCUT2D eigenvalue weighted by Gasteiger charge is -2.47. The summed E-state index contributed by atoms with van der Waals surface area (Å²) in [5, 5.41) is 7.03. The molecule has 0 aromatic heterocycles. The van der Waals surface area contributed by atoms with E-state index in [1.807, 2.05) is 12.1 Å². The predicted octanol–water partition coefficient (Wildman–Crippen LogP) is 4.67. The maximum atomic E-state index is 13.7. The van der Waals surface area contributed by atoms with Crippen LogP contribution < -0.4 is 10.6 Å². The van der Waals surface area contributed by atoms with Gasteiger partial charge in [-0.15, -0.1) is 0 Å². The number of carbonyl (C=O) groups is 1. The first-order valence-electron chi connectivity index (χ1n) is 12.4. The Kier molecular flexibility index (Phi) is 5.30. The fourth-order valence-corrected chi connectivity index (χ4v) is 5.94. The van der Waals surface area contributed by atoms with Crippen LogP contribution in [-0.4, -0.2) is 36.6 Å². The Morgan fingerprint density at radius 3 is 2.38 bits per heavy atom. The van der Waals surface area contributed by atoms with E-state index in [1.54, 1.807) is 0 Å². The summed E-state index contributed by atoms with van der Waals surface area (Å²) in [6.45, 7) is 1.56. The normalized spacial score (nSPS) is 25.4. The van der Waals surface area contributed by atoms with Crippen LogP contribution in [0.3, 0.4) is 0 Å². The van der Waals surface area contributed by atoms with Crippen LogP contribution in [0.4, 0.5) is 0 Å². The molecule has 5 heteroatoms. The first-order chi connectivity index (χ1) is 16.6. The molecule has 6 rings (SSSR count). The molecule has 0 bridgehead atoms. The van der Waals surface area contributed by atoms with Gasteiger partial charge < -0.3 is 15.4 Å². The zero-order valence-corrected chi connectivity index (χ0v) is 19.6. The standard InChI is InChI=1S/C29H31N3O2/c1-32-18-22(17-20-11-5-2-6-12-20)26-23(19-32)24(21-13-7-3-8-14-21)25-27(33)30-29(31-28(25)34-26)15-9-4-10-16-29/h2-3,5-8,11-14,17,24,31H,4,9-10,15-16,18-19H2,1H3,(H,30,33)/b22-17-. The van der Waals surface area contributed by atoms with Crippen molar-refractivity contribution in [2.24, 2.45) is 0 Å². The highest BCUT2D eigenvalue weighted by molar-refractivity contribution is 5.98. The number of likely N-dealkylation sites (N-methyl/N-ethyl adjacent to an activating group) is 1. The van der Waals surface area contributed by atoms with Crippen LogP contribution in [-0.2, 0) is 9.53 Å². The summed E-state index contributed by atoms with van der Waals surface area (Å²) in [6, 6.07) is 20.8. The second-order valence-electron chi connectivity index (χ2n) is 10.0. The molecule has 174 valence electrons. The third-order valence-corrected chi connectivity index (χ3v) is 7.48. The Labute approximate surface area is 201 Å². The summed E-state index contributed by atoms with van der Waals surface area (Å²) in [5.41, 5.74) is 4.87. The highest BCUT2D eigenvalue weighted by Crippen LogP contribution is 2.46. The van der Waals surface area contributed by atoms with Crippen molar-refractivity contribution in [2.45, 2.75) is 43.7 Å². The average molecular weight is 454 g/mol. The molecule has 0 saturated heterocycles. The van der Waals surface area contributed by atoms with E-state index in [0.717, 1.165) is 66.8 Å². The predicted molar refractivity (Wildman–Crippen MR) is 133 cm³/mol. The van der Waals surface area contributed by atoms with Crippen LogP contribution in [0.15, 0.2) is 89.0 Å². The molecular formula is C29H31N3O2. The van der Waals surface area contributed by atoms with Crippen molar-refractivity contribution in [3.63, 3.8) is 0 Å². The minimum Gasteiger partial charge on any atom is -0.440 e. The lowest BCUT2D eigenvalue weighted by Crippen LogP contribution is -2.64. The zero-order chi connectivity index (χ0) is 23.1. The largest absolute Gasteiger partial charge is 0.440 e. The first kappa shape index (κ1) is 21.2. The topological polar surface area (TPSA) is 53.6 Å². The SMILES string of the molecule is CN1CC2=C(OC3=C(C(=O)NC4(CCCCC4)N3)C2c2ccccc2)/C(=C\c2ccccc2)C1. The Hall–Kier alpha value is -3.31. The zero-order valence-electron chi connectivity index (χ0n) is 19.6. The molecule has 34 heavy (non-hydrogen) atoms. The minimum atomic E-state index is -0.401. The molecule has 5 nitrogen and oxygen atoms in total. The van der Waals surface area contributed by atoms with E-state index in [0.29, 0.717) is 11.5 Å². The van der Waals surface area contributed by atoms with Gasteiger partial charge in [0.15, 0.2) is 0 Å². The maximum absolute atomic E-state index is 13.7. The first-order valence-corrected chi connectivity index (χ1v) is 12.4. The van der Waals surface area contributed by atoms with Gasteiger partial charge in [-0.25, -0.2) is 0 Å². The summed E-state index contributed by atoms with van der Waals surface area (Å²) in [6.07, 6.45) is 7.50. The number of amides is 1. The number of nitrogens with zero attached hydrogens (tertiary/aromatic N) is 1. The van der Waals surface area contributed by atoms with Gasteiger partial charge in [0.2, 0.25) is 5.88 Å². The Bertz CT molecular complexity index is 1190. The molecule has 1 unspecified atom stereocenters. The molecule has 2 aromatic rings. The van der Waals surface area contributed by atoms with Crippen LogP contribution in [0.25, 0.3) is 6.08 Å². The number of rotatable bonds is 2. The summed E-state index contributed by atoms with van der Waals surface area (Å²) in [7, 11) is 2.13. The number of carbonyl (C=O) groups excluding carboxylic acids is 1. The molecule has 2 aromatic carbocycles. The molecule has 1 fully saturated rings. The highest BCUT2D eigenvalue weighted by atomic mass is 16.5. The van der Waals surface area contributed by atoms with Crippen molar-refractivity contribution in [3.8, 4) is 0 Å². The molecule has 4 aliphatic rings. The maximum Gasteiger partial charge on any atom is 0.255 e. The van der Waals surface area contributed by atoms with Crippen molar-refractivity contribution in [3.05, 3.63) is 100 Å². The molecule has 1 amide bonds. The Morgan fingerprint density at radius 2 is 1.65 bits per heavy atom. The van der Waals surface area contributed by atoms with Crippen molar-refractivity contribution in [1.82, 2.24) is 15.5 Å². The van der Waals surface area contributed by atoms with Crippen LogP contribution >= 0.6 is 0 Å². The molecule has 0 radical (unpaired) electrons. The molecular weight excluding hydrogens is 422 g/mol. The molecule has 1 atom stereocenters. The van der Waals surface area contributed by atoms with E-state index in [2.05, 4.69) is 77.2 Å². The third kappa shape index (κ3) is 3.74. The quantitative estimate of drug-likeness (QED) is 0.694. The number of benzene rings is 2. The Balaban J connectivity index is 1.49. The van der Waals surface area contributed by atoms with Gasteiger partial charge in [0.05, 0.1) is 5.57 Å². The molecule has 1 saturated carbocycles. The second-order valence-corrected chi connectivity index (χ2v) is 10.0. The molecule has 3 heterocycles. The van der Waals surface area contributed by atoms with E-state index in [9.17, 15) is 4.79 Å². The van der Waals surface area contributed by atoms with Gasteiger partial charge in [0.1, 0.15) is 11.4 Å². The number of nitrogens with one attached hydrogen (secondary N) is 2. The van der Waals surface area contributed by atoms with Gasteiger partial charge in [-0.05, 0) is 55.5 Å². The van der Waals surface area contributed by atoms with Gasteiger partial charge in [-0.1, -0.05) is 67.1 Å². The summed E-state index contributed by atoms with van der Waals surface area (Å²) in [4.78, 5) is 16.0. The second kappa shape index (κ2) is 8.48. The average Bonchev–Trinajstić information content (AvgIpc) is 2.85. The van der Waals surface area contributed by atoms with Gasteiger partial charge in [-0.3, -0.25) is 9.69 Å². The Morgan fingerprint density at radius 1 is 0.941 bits per heavy atom. The van der Waals surface area contributed by atoms with Crippen LogP contribution in [0, 0.1) is 0 Å². The van der Waals surface area contributed by atoms with Crippen LogP contribution in [0.1, 0.15) is 49.1 Å². The van der Waals surface area contributed by atoms with Crippen LogP contribution in [0.2, 0.25) is 0 Å². The number of hydrogen-bond donors (Lipinski definition) is 2. The summed E-state index contributed by atoms with van der Waals surface area (Å²) >= 11 is 0. The van der Waals surface area contributed by atoms with Gasteiger partial charge in [0, 0.05) is 24.6 Å². The molecule has 2 N–H and O–H groups in total. The summed E-state index contributed by atoms with van der Waals surface area (Å²) < 4.78 is 6.67. The number of ether oxygens (including phenoxy) is 1. The van der Waals surface area contributed by atoms with Crippen molar-refractivity contribution < 1.29 is 9.53 Å². The molecule has 1 aliphatic carbocycles. The van der Waals surface area contributed by atoms with Crippen molar-refractivity contribution in [1.29, 1.82) is 0 Å². The van der Waals surface area contributed by atoms with E-state index >= 15 is 0 Å². The van der Waals surface area contributed by atoms with E-state index in [4.69, 9.17) is 4.74 Å². The van der Waals surface area contributed by atoms with Gasteiger partial charge in [-0.2, -0.15) is 0 Å². The smallest absolute Gasteiger partial charge is 0.255 e. The monoisotopic (exact) mass is 453 g/mol. The lowest BCUT2D eigenvalue weighted by molar-refractivity contribution is -0.122. The molecule has 1 spiro atoms. The van der Waals surface area contributed by atoms with E-state index < -0.39 is 5.66 Å². The van der Waals surface area contributed by atoms with Crippen LogP contribution in [0.5, 0.6) is 0 Å². The highest BCUT2D eigenvalue weighted by Gasteiger charge is 2.47. The van der Waals surface area contributed by atoms with E-state index in [-0.39, 0.29) is 11.8 Å². The van der Waals surface area contributed by atoms with Crippen molar-refractivity contribution in [2.75, 3.05) is 20.1 Å². The fraction of sp³-hybridized carbons (Fsp3) is 0.345. The van der Waals surface area contributed by atoms with Crippen molar-refractivity contribution >= 4 is 12.0 Å².